The van der Waals surface area contributed by atoms with E-state index in [1.54, 1.807) is 13.3 Å². The molecule has 248 valence electrons. The van der Waals surface area contributed by atoms with Crippen molar-refractivity contribution in [2.24, 2.45) is 28.6 Å². The first-order chi connectivity index (χ1) is 22.1. The molecule has 8 heteroatoms. The third-order valence-electron chi connectivity index (χ3n) is 12.2. The van der Waals surface area contributed by atoms with E-state index >= 15 is 0 Å². The Morgan fingerprint density at radius 3 is 2.74 bits per heavy atom. The number of rotatable bonds is 11. The fraction of sp³-hybridized carbons (Fsp3) is 0.632. The van der Waals surface area contributed by atoms with Gasteiger partial charge in [-0.2, -0.15) is 0 Å². The van der Waals surface area contributed by atoms with Gasteiger partial charge < -0.3 is 20.1 Å². The quantitative estimate of drug-likeness (QED) is 0.201. The smallest absolute Gasteiger partial charge is 0.306 e. The number of anilines is 1. The lowest BCUT2D eigenvalue weighted by Gasteiger charge is -2.57. The van der Waals surface area contributed by atoms with Gasteiger partial charge in [-0.1, -0.05) is 25.5 Å². The van der Waals surface area contributed by atoms with Crippen LogP contribution in [0, 0.1) is 28.6 Å². The predicted octanol–water partition coefficient (Wildman–Crippen LogP) is 7.16. The van der Waals surface area contributed by atoms with E-state index in [1.807, 2.05) is 30.3 Å². The van der Waals surface area contributed by atoms with Gasteiger partial charge in [0.2, 0.25) is 5.91 Å². The third kappa shape index (κ3) is 6.41. The largest absolute Gasteiger partial charge is 0.497 e. The molecule has 1 aromatic carbocycles. The second-order valence-electron chi connectivity index (χ2n) is 14.9. The molecule has 3 fully saturated rings. The highest BCUT2D eigenvalue weighted by atomic mass is 16.5. The number of fused-ring (bicyclic) bond motifs is 6. The summed E-state index contributed by atoms with van der Waals surface area (Å²) in [6, 6.07) is 8.06. The number of pyridine rings is 1. The van der Waals surface area contributed by atoms with Crippen molar-refractivity contribution in [3.05, 3.63) is 42.1 Å². The number of ketones is 1. The summed E-state index contributed by atoms with van der Waals surface area (Å²) in [5.41, 5.74) is 3.37. The number of esters is 1. The summed E-state index contributed by atoms with van der Waals surface area (Å²) in [5.74, 6) is 2.52. The summed E-state index contributed by atoms with van der Waals surface area (Å²) in [6.45, 7) is 7.42. The van der Waals surface area contributed by atoms with Crippen LogP contribution in [0.3, 0.4) is 0 Å². The lowest BCUT2D eigenvalue weighted by atomic mass is 9.47. The lowest BCUT2D eigenvalue weighted by molar-refractivity contribution is -0.160. The molecule has 1 unspecified atom stereocenters. The Labute approximate surface area is 273 Å². The average Bonchev–Trinajstić information content (AvgIpc) is 3.38. The van der Waals surface area contributed by atoms with Crippen molar-refractivity contribution in [3.63, 3.8) is 0 Å². The molecule has 6 rings (SSSR count). The molecule has 0 aliphatic heterocycles. The topological polar surface area (TPSA) is 107 Å². The van der Waals surface area contributed by atoms with Crippen LogP contribution in [0.1, 0.15) is 97.8 Å². The first kappa shape index (κ1) is 32.5. The summed E-state index contributed by atoms with van der Waals surface area (Å²) in [6.07, 6.45) is 13.7. The molecule has 0 saturated heterocycles. The van der Waals surface area contributed by atoms with Gasteiger partial charge >= 0.3 is 5.97 Å². The summed E-state index contributed by atoms with van der Waals surface area (Å²) >= 11 is 0. The van der Waals surface area contributed by atoms with Crippen molar-refractivity contribution in [1.82, 2.24) is 10.3 Å². The maximum absolute atomic E-state index is 12.9. The summed E-state index contributed by atoms with van der Waals surface area (Å²) in [7, 11) is 1.66. The van der Waals surface area contributed by atoms with Gasteiger partial charge in [-0.05, 0) is 106 Å². The molecule has 0 spiro atoms. The van der Waals surface area contributed by atoms with Crippen LogP contribution in [-0.4, -0.2) is 48.4 Å². The molecule has 1 aromatic heterocycles. The van der Waals surface area contributed by atoms with Crippen molar-refractivity contribution in [2.45, 2.75) is 110 Å². The van der Waals surface area contributed by atoms with E-state index in [2.05, 4.69) is 36.4 Å². The highest BCUT2D eigenvalue weighted by Gasteiger charge is 2.60. The van der Waals surface area contributed by atoms with Gasteiger partial charge in [-0.25, -0.2) is 0 Å². The van der Waals surface area contributed by atoms with Crippen LogP contribution in [0.2, 0.25) is 0 Å². The minimum atomic E-state index is -0.257. The third-order valence-corrected chi connectivity index (χ3v) is 12.2. The summed E-state index contributed by atoms with van der Waals surface area (Å²) < 4.78 is 11.6. The van der Waals surface area contributed by atoms with Crippen LogP contribution in [0.5, 0.6) is 5.75 Å². The van der Waals surface area contributed by atoms with Crippen molar-refractivity contribution in [1.29, 1.82) is 0 Å². The van der Waals surface area contributed by atoms with Gasteiger partial charge in [0, 0.05) is 48.5 Å². The maximum atomic E-state index is 12.9. The number of ether oxygens (including phenoxy) is 2. The molecular weight excluding hydrogens is 578 g/mol. The Bertz CT molecular complexity index is 1500. The number of nitrogens with zero attached hydrogens (tertiary/aromatic N) is 1. The van der Waals surface area contributed by atoms with Gasteiger partial charge in [0.05, 0.1) is 24.7 Å². The molecular formula is C38H51N3O5. The number of carbonyl (C=O) groups excluding carboxylic acids is 3. The highest BCUT2D eigenvalue weighted by Crippen LogP contribution is 2.65. The zero-order valence-corrected chi connectivity index (χ0v) is 28.0. The van der Waals surface area contributed by atoms with Crippen LogP contribution < -0.4 is 15.4 Å². The van der Waals surface area contributed by atoms with Crippen LogP contribution in [0.25, 0.3) is 10.9 Å². The first-order valence-corrected chi connectivity index (χ1v) is 17.5. The Hall–Kier alpha value is -3.42. The molecule has 0 bridgehead atoms. The number of benzene rings is 1. The first-order valence-electron chi connectivity index (χ1n) is 17.5. The normalized spacial score (nSPS) is 30.8. The minimum Gasteiger partial charge on any atom is -0.497 e. The maximum Gasteiger partial charge on any atom is 0.306 e. The minimum absolute atomic E-state index is 0.000883. The second-order valence-corrected chi connectivity index (χ2v) is 14.9. The number of nitrogens with one attached hydrogen (secondary N) is 2. The van der Waals surface area contributed by atoms with E-state index in [0.29, 0.717) is 36.5 Å². The summed E-state index contributed by atoms with van der Waals surface area (Å²) in [5, 5.41) is 7.54. The number of amides is 1. The number of hydrogen-bond acceptors (Lipinski definition) is 7. The zero-order valence-electron chi connectivity index (χ0n) is 28.0. The fourth-order valence-electron chi connectivity index (χ4n) is 9.59. The Kier molecular flexibility index (Phi) is 9.45. The van der Waals surface area contributed by atoms with Gasteiger partial charge in [-0.3, -0.25) is 19.4 Å². The second kappa shape index (κ2) is 13.4. The molecule has 0 radical (unpaired) electrons. The van der Waals surface area contributed by atoms with Crippen LogP contribution in [0.15, 0.2) is 42.1 Å². The van der Waals surface area contributed by atoms with Crippen molar-refractivity contribution >= 4 is 34.3 Å². The number of hydrogen-bond donors (Lipinski definition) is 2. The van der Waals surface area contributed by atoms with E-state index in [0.717, 1.165) is 80.1 Å². The molecule has 4 aliphatic carbocycles. The van der Waals surface area contributed by atoms with Crippen LogP contribution >= 0.6 is 0 Å². The Morgan fingerprint density at radius 2 is 1.91 bits per heavy atom. The monoisotopic (exact) mass is 629 g/mol. The van der Waals surface area contributed by atoms with E-state index in [9.17, 15) is 14.4 Å². The van der Waals surface area contributed by atoms with Gasteiger partial charge in [0.15, 0.2) is 5.78 Å². The Balaban J connectivity index is 0.924. The molecule has 46 heavy (non-hydrogen) atoms. The van der Waals surface area contributed by atoms with E-state index in [1.165, 1.54) is 5.57 Å². The predicted molar refractivity (Wildman–Crippen MR) is 179 cm³/mol. The number of allylic oxidation sites excluding steroid dienone is 1. The Morgan fingerprint density at radius 1 is 1.07 bits per heavy atom. The number of carbonyl (C=O) groups is 3. The standard InChI is InChI=1S/C38H51N3O5/c1-24(41-32-23-28(45-4)21-25-8-6-20-40-36(25)32)7-5-19-39-34(43)13-14-35(44)46-33-12-11-30-29-10-9-26-22-27(42)15-17-37(26,2)31(29)16-18-38(30,33)3/h6,8,20-24,29-31,33,41H,5,7,9-19H2,1-4H3,(H,39,43)/t24?,29-,30-,31-,33-,37-,38-/m0/s1. The van der Waals surface area contributed by atoms with Crippen molar-refractivity contribution in [2.75, 3.05) is 19.0 Å². The number of methoxy groups -OCH3 is 1. The molecule has 7 atom stereocenters. The van der Waals surface area contributed by atoms with Gasteiger partial charge in [0.25, 0.3) is 0 Å². The SMILES string of the molecule is COc1cc(NC(C)CCCNC(=O)CCC(=O)O[C@H]2CC[C@H]3[C@@H]4CCC5=CC(=O)CC[C@]5(C)[C@H]4CC[C@]23C)c2ncccc2c1. The van der Waals surface area contributed by atoms with Crippen molar-refractivity contribution < 1.29 is 23.9 Å². The van der Waals surface area contributed by atoms with E-state index < -0.39 is 0 Å². The molecule has 8 nitrogen and oxygen atoms in total. The highest BCUT2D eigenvalue weighted by molar-refractivity contribution is 5.92. The molecule has 2 aromatic rings. The zero-order chi connectivity index (χ0) is 32.5. The molecule has 1 amide bonds. The molecule has 1 heterocycles. The summed E-state index contributed by atoms with van der Waals surface area (Å²) in [4.78, 5) is 42.2. The van der Waals surface area contributed by atoms with Crippen LogP contribution in [-0.2, 0) is 19.1 Å². The van der Waals surface area contributed by atoms with E-state index in [-0.39, 0.29) is 47.7 Å². The average molecular weight is 630 g/mol. The van der Waals surface area contributed by atoms with Gasteiger partial charge in [-0.15, -0.1) is 0 Å². The van der Waals surface area contributed by atoms with Crippen molar-refractivity contribution in [3.8, 4) is 5.75 Å². The molecule has 3 saturated carbocycles. The molecule has 2 N–H and O–H groups in total. The van der Waals surface area contributed by atoms with Crippen LogP contribution in [0.4, 0.5) is 5.69 Å². The molecule has 4 aliphatic rings. The fourth-order valence-corrected chi connectivity index (χ4v) is 9.59. The lowest BCUT2D eigenvalue weighted by Crippen LogP contribution is -2.51. The number of aromatic nitrogens is 1. The van der Waals surface area contributed by atoms with E-state index in [4.69, 9.17) is 9.47 Å². The van der Waals surface area contributed by atoms with Gasteiger partial charge in [0.1, 0.15) is 11.9 Å².